The molecule has 0 radical (unpaired) electrons. The maximum absolute atomic E-state index is 13.1. The van der Waals surface area contributed by atoms with E-state index in [2.05, 4.69) is 5.32 Å². The summed E-state index contributed by atoms with van der Waals surface area (Å²) in [4.78, 5) is 24.9. The zero-order valence-electron chi connectivity index (χ0n) is 18.5. The first-order valence-corrected chi connectivity index (χ1v) is 10.8. The van der Waals surface area contributed by atoms with Crippen molar-refractivity contribution in [2.75, 3.05) is 0 Å². The van der Waals surface area contributed by atoms with Crippen LogP contribution < -0.4 is 5.32 Å². The van der Waals surface area contributed by atoms with Crippen molar-refractivity contribution in [1.29, 1.82) is 0 Å². The SMILES string of the molecule is CC(C)NC(=O)CC(CC(F)(F)F)c1ccc(C(=O)c2ccc(-c3ccccc3)cc2)cc1. The highest BCUT2D eigenvalue weighted by molar-refractivity contribution is 6.09. The number of rotatable bonds is 8. The lowest BCUT2D eigenvalue weighted by Gasteiger charge is -2.20. The van der Waals surface area contributed by atoms with Gasteiger partial charge in [0.1, 0.15) is 0 Å². The number of ketones is 1. The fraction of sp³-hybridized carbons (Fsp3) is 0.259. The molecule has 172 valence electrons. The van der Waals surface area contributed by atoms with Gasteiger partial charge in [-0.1, -0.05) is 78.9 Å². The molecule has 3 aromatic rings. The Hall–Kier alpha value is -3.41. The van der Waals surface area contributed by atoms with Gasteiger partial charge in [-0.15, -0.1) is 0 Å². The number of amides is 1. The zero-order chi connectivity index (χ0) is 24.0. The number of nitrogens with one attached hydrogen (secondary N) is 1. The second-order valence-electron chi connectivity index (χ2n) is 8.34. The smallest absolute Gasteiger partial charge is 0.354 e. The Balaban J connectivity index is 1.76. The normalized spacial score (nSPS) is 12.4. The predicted octanol–water partition coefficient (Wildman–Crippen LogP) is 6.54. The number of hydrogen-bond donors (Lipinski definition) is 1. The van der Waals surface area contributed by atoms with Crippen LogP contribution in [0, 0.1) is 0 Å². The monoisotopic (exact) mass is 453 g/mol. The molecule has 0 aliphatic carbocycles. The van der Waals surface area contributed by atoms with Crippen LogP contribution in [0.2, 0.25) is 0 Å². The Morgan fingerprint density at radius 3 is 1.82 bits per heavy atom. The summed E-state index contributed by atoms with van der Waals surface area (Å²) < 4.78 is 39.3. The van der Waals surface area contributed by atoms with Crippen molar-refractivity contribution in [3.63, 3.8) is 0 Å². The van der Waals surface area contributed by atoms with E-state index >= 15 is 0 Å². The third-order valence-electron chi connectivity index (χ3n) is 5.26. The number of carbonyl (C=O) groups excluding carboxylic acids is 2. The molecule has 0 bridgehead atoms. The molecule has 0 fully saturated rings. The van der Waals surface area contributed by atoms with Gasteiger partial charge in [0.2, 0.25) is 5.91 Å². The first-order valence-electron chi connectivity index (χ1n) is 10.8. The summed E-state index contributed by atoms with van der Waals surface area (Å²) in [7, 11) is 0. The van der Waals surface area contributed by atoms with Crippen molar-refractivity contribution in [3.05, 3.63) is 95.6 Å². The van der Waals surface area contributed by atoms with E-state index in [-0.39, 0.29) is 18.2 Å². The highest BCUT2D eigenvalue weighted by Gasteiger charge is 2.33. The Kier molecular flexibility index (Phi) is 7.69. The summed E-state index contributed by atoms with van der Waals surface area (Å²) in [5.74, 6) is -1.66. The Labute approximate surface area is 191 Å². The van der Waals surface area contributed by atoms with Crippen LogP contribution >= 0.6 is 0 Å². The molecule has 33 heavy (non-hydrogen) atoms. The molecule has 0 aromatic heterocycles. The average Bonchev–Trinajstić information content (AvgIpc) is 2.77. The first-order chi connectivity index (χ1) is 15.6. The van der Waals surface area contributed by atoms with E-state index < -0.39 is 24.4 Å². The van der Waals surface area contributed by atoms with Gasteiger partial charge in [0.15, 0.2) is 5.78 Å². The number of benzene rings is 3. The van der Waals surface area contributed by atoms with Crippen molar-refractivity contribution >= 4 is 11.7 Å². The molecule has 0 saturated carbocycles. The van der Waals surface area contributed by atoms with Gasteiger partial charge in [-0.2, -0.15) is 13.2 Å². The summed E-state index contributed by atoms with van der Waals surface area (Å²) in [6, 6.07) is 22.9. The van der Waals surface area contributed by atoms with Gasteiger partial charge in [0.05, 0.1) is 6.42 Å². The topological polar surface area (TPSA) is 46.2 Å². The lowest BCUT2D eigenvalue weighted by Crippen LogP contribution is -2.32. The van der Waals surface area contributed by atoms with Gasteiger partial charge in [-0.3, -0.25) is 9.59 Å². The average molecular weight is 454 g/mol. The molecule has 0 saturated heterocycles. The van der Waals surface area contributed by atoms with E-state index in [4.69, 9.17) is 0 Å². The van der Waals surface area contributed by atoms with Crippen LogP contribution in [0.3, 0.4) is 0 Å². The molecule has 0 heterocycles. The highest BCUT2D eigenvalue weighted by atomic mass is 19.4. The second-order valence-corrected chi connectivity index (χ2v) is 8.34. The van der Waals surface area contributed by atoms with Gasteiger partial charge >= 0.3 is 6.18 Å². The minimum atomic E-state index is -4.40. The molecule has 1 amide bonds. The molecular formula is C27H26F3NO2. The van der Waals surface area contributed by atoms with Crippen molar-refractivity contribution < 1.29 is 22.8 Å². The zero-order valence-corrected chi connectivity index (χ0v) is 18.5. The standard InChI is InChI=1S/C27H26F3NO2/c1-18(2)31-25(32)16-24(17-27(28,29)30)21-10-14-23(15-11-21)26(33)22-12-8-20(9-13-22)19-6-4-3-5-7-19/h3-15,18,24H,16-17H2,1-2H3,(H,31,32). The number of hydrogen-bond acceptors (Lipinski definition) is 2. The number of alkyl halides is 3. The second kappa shape index (κ2) is 10.5. The van der Waals surface area contributed by atoms with Crippen LogP contribution in [-0.2, 0) is 4.79 Å². The van der Waals surface area contributed by atoms with Gasteiger partial charge in [0.25, 0.3) is 0 Å². The van der Waals surface area contributed by atoms with E-state index in [0.29, 0.717) is 16.7 Å². The maximum atomic E-state index is 13.1. The largest absolute Gasteiger partial charge is 0.389 e. The molecular weight excluding hydrogens is 427 g/mol. The van der Waals surface area contributed by atoms with Crippen LogP contribution in [-0.4, -0.2) is 23.9 Å². The van der Waals surface area contributed by atoms with E-state index in [0.717, 1.165) is 11.1 Å². The van der Waals surface area contributed by atoms with E-state index in [1.54, 1.807) is 26.0 Å². The molecule has 3 rings (SSSR count). The van der Waals surface area contributed by atoms with Crippen LogP contribution in [0.4, 0.5) is 13.2 Å². The van der Waals surface area contributed by atoms with Gasteiger partial charge in [0, 0.05) is 29.5 Å². The summed E-state index contributed by atoms with van der Waals surface area (Å²) in [5, 5.41) is 2.64. The predicted molar refractivity (Wildman–Crippen MR) is 123 cm³/mol. The third kappa shape index (κ3) is 7.04. The third-order valence-corrected chi connectivity index (χ3v) is 5.26. The Bertz CT molecular complexity index is 1070. The van der Waals surface area contributed by atoms with E-state index in [1.807, 2.05) is 42.5 Å². The molecule has 0 aliphatic rings. The van der Waals surface area contributed by atoms with Crippen LogP contribution in [0.1, 0.15) is 54.1 Å². The lowest BCUT2D eigenvalue weighted by atomic mass is 9.90. The summed E-state index contributed by atoms with van der Waals surface area (Å²) >= 11 is 0. The lowest BCUT2D eigenvalue weighted by molar-refractivity contribution is -0.141. The van der Waals surface area contributed by atoms with Crippen molar-refractivity contribution in [3.8, 4) is 11.1 Å². The fourth-order valence-corrected chi connectivity index (χ4v) is 3.71. The molecule has 1 unspecified atom stereocenters. The molecule has 1 atom stereocenters. The van der Waals surface area contributed by atoms with Crippen LogP contribution in [0.5, 0.6) is 0 Å². The molecule has 3 aromatic carbocycles. The molecule has 0 spiro atoms. The summed E-state index contributed by atoms with van der Waals surface area (Å²) in [6.07, 6.45) is -5.78. The van der Waals surface area contributed by atoms with Crippen LogP contribution in [0.15, 0.2) is 78.9 Å². The minimum Gasteiger partial charge on any atom is -0.354 e. The highest BCUT2D eigenvalue weighted by Crippen LogP contribution is 2.34. The van der Waals surface area contributed by atoms with Crippen molar-refractivity contribution in [2.24, 2.45) is 0 Å². The Morgan fingerprint density at radius 2 is 1.30 bits per heavy atom. The molecule has 1 N–H and O–H groups in total. The summed E-state index contributed by atoms with van der Waals surface area (Å²) in [5.41, 5.74) is 3.27. The maximum Gasteiger partial charge on any atom is 0.389 e. The number of carbonyl (C=O) groups is 2. The van der Waals surface area contributed by atoms with Gasteiger partial charge in [-0.25, -0.2) is 0 Å². The minimum absolute atomic E-state index is 0.155. The van der Waals surface area contributed by atoms with Crippen molar-refractivity contribution in [1.82, 2.24) is 5.32 Å². The van der Waals surface area contributed by atoms with Crippen LogP contribution in [0.25, 0.3) is 11.1 Å². The van der Waals surface area contributed by atoms with E-state index in [1.165, 1.54) is 24.3 Å². The molecule has 6 heteroatoms. The number of halogens is 3. The fourth-order valence-electron chi connectivity index (χ4n) is 3.71. The summed E-state index contributed by atoms with van der Waals surface area (Å²) in [6.45, 7) is 3.51. The molecule has 3 nitrogen and oxygen atoms in total. The van der Waals surface area contributed by atoms with Gasteiger partial charge < -0.3 is 5.32 Å². The van der Waals surface area contributed by atoms with Crippen molar-refractivity contribution in [2.45, 2.75) is 44.8 Å². The molecule has 0 aliphatic heterocycles. The van der Waals surface area contributed by atoms with E-state index in [9.17, 15) is 22.8 Å². The Morgan fingerprint density at radius 1 is 0.788 bits per heavy atom. The quantitative estimate of drug-likeness (QED) is 0.394. The van der Waals surface area contributed by atoms with Gasteiger partial charge in [-0.05, 0) is 30.5 Å². The first kappa shape index (κ1) is 24.2.